The lowest BCUT2D eigenvalue weighted by molar-refractivity contribution is -0.137. The van der Waals surface area contributed by atoms with Gasteiger partial charge >= 0.3 is 5.97 Å². The number of carboxylic acids is 1. The summed E-state index contributed by atoms with van der Waals surface area (Å²) in [6.45, 7) is 7.86. The molecule has 1 amide bonds. The Balaban J connectivity index is 2.97. The number of carbonyl (C=O) groups excluding carboxylic acids is 1. The summed E-state index contributed by atoms with van der Waals surface area (Å²) in [6.07, 6.45) is -0.0468. The molecule has 0 spiro atoms. The van der Waals surface area contributed by atoms with E-state index >= 15 is 0 Å². The summed E-state index contributed by atoms with van der Waals surface area (Å²) < 4.78 is 0. The first kappa shape index (κ1) is 15.2. The van der Waals surface area contributed by atoms with Gasteiger partial charge in [0.15, 0.2) is 0 Å². The van der Waals surface area contributed by atoms with Crippen LogP contribution in [0.5, 0.6) is 0 Å². The van der Waals surface area contributed by atoms with Gasteiger partial charge in [0.2, 0.25) is 0 Å². The number of carboxylic acid groups (broad SMARTS) is 1. The van der Waals surface area contributed by atoms with E-state index in [4.69, 9.17) is 5.11 Å². The molecule has 1 rings (SSSR count). The molecule has 0 aliphatic carbocycles. The van der Waals surface area contributed by atoms with Crippen LogP contribution < -0.4 is 0 Å². The number of benzene rings is 1. The van der Waals surface area contributed by atoms with Crippen molar-refractivity contribution in [2.24, 2.45) is 0 Å². The molecule has 4 nitrogen and oxygen atoms in total. The van der Waals surface area contributed by atoms with Gasteiger partial charge < -0.3 is 10.0 Å². The van der Waals surface area contributed by atoms with E-state index in [1.807, 2.05) is 45.9 Å². The van der Waals surface area contributed by atoms with Crippen molar-refractivity contribution in [2.75, 3.05) is 6.54 Å². The van der Waals surface area contributed by atoms with Crippen molar-refractivity contribution < 1.29 is 14.7 Å². The average molecular weight is 263 g/mol. The van der Waals surface area contributed by atoms with Crippen molar-refractivity contribution in [3.8, 4) is 0 Å². The molecule has 19 heavy (non-hydrogen) atoms. The molecule has 0 fully saturated rings. The third kappa shape index (κ3) is 4.39. The van der Waals surface area contributed by atoms with Crippen molar-refractivity contribution in [2.45, 2.75) is 39.7 Å². The summed E-state index contributed by atoms with van der Waals surface area (Å²) in [6, 6.07) is 7.34. The number of amides is 1. The zero-order chi connectivity index (χ0) is 14.6. The molecule has 0 saturated heterocycles. The summed E-state index contributed by atoms with van der Waals surface area (Å²) in [5.41, 5.74) is 1.20. The van der Waals surface area contributed by atoms with E-state index in [1.165, 1.54) is 0 Å². The number of aryl methyl sites for hydroxylation is 1. The molecule has 0 aromatic heterocycles. The topological polar surface area (TPSA) is 57.6 Å². The highest BCUT2D eigenvalue weighted by atomic mass is 16.4. The minimum Gasteiger partial charge on any atom is -0.481 e. The Labute approximate surface area is 114 Å². The Morgan fingerprint density at radius 3 is 2.37 bits per heavy atom. The number of nitrogens with zero attached hydrogens (tertiary/aromatic N) is 1. The maximum absolute atomic E-state index is 12.5. The quantitative estimate of drug-likeness (QED) is 0.908. The van der Waals surface area contributed by atoms with Crippen LogP contribution in [0.25, 0.3) is 0 Å². The second kappa shape index (κ2) is 5.87. The standard InChI is InChI=1S/C15H21NO3/c1-11-6-5-7-12(10-11)14(19)16(15(2,3)4)9-8-13(17)18/h5-7,10H,8-9H2,1-4H3,(H,17,18). The normalized spacial score (nSPS) is 11.2. The molecule has 0 aliphatic heterocycles. The Morgan fingerprint density at radius 2 is 1.89 bits per heavy atom. The highest BCUT2D eigenvalue weighted by Crippen LogP contribution is 2.18. The summed E-state index contributed by atoms with van der Waals surface area (Å²) in [5, 5.41) is 8.79. The molecule has 0 heterocycles. The van der Waals surface area contributed by atoms with Crippen LogP contribution in [0.15, 0.2) is 24.3 Å². The van der Waals surface area contributed by atoms with Crippen LogP contribution in [0.4, 0.5) is 0 Å². The lowest BCUT2D eigenvalue weighted by Gasteiger charge is -2.35. The Morgan fingerprint density at radius 1 is 1.26 bits per heavy atom. The van der Waals surface area contributed by atoms with Gasteiger partial charge in [-0.15, -0.1) is 0 Å². The van der Waals surface area contributed by atoms with Gasteiger partial charge in [-0.1, -0.05) is 17.7 Å². The van der Waals surface area contributed by atoms with Crippen molar-refractivity contribution in [1.82, 2.24) is 4.90 Å². The molecule has 4 heteroatoms. The molecular formula is C15H21NO3. The molecule has 0 saturated carbocycles. The Bertz CT molecular complexity index is 475. The van der Waals surface area contributed by atoms with Crippen molar-refractivity contribution in [3.63, 3.8) is 0 Å². The summed E-state index contributed by atoms with van der Waals surface area (Å²) in [5.74, 6) is -1.02. The van der Waals surface area contributed by atoms with Crippen LogP contribution in [0.3, 0.4) is 0 Å². The van der Waals surface area contributed by atoms with Gasteiger partial charge in [-0.05, 0) is 39.8 Å². The fourth-order valence-electron chi connectivity index (χ4n) is 1.88. The second-order valence-electron chi connectivity index (χ2n) is 5.64. The number of hydrogen-bond donors (Lipinski definition) is 1. The largest absolute Gasteiger partial charge is 0.481 e. The van der Waals surface area contributed by atoms with E-state index < -0.39 is 11.5 Å². The molecular weight excluding hydrogens is 242 g/mol. The van der Waals surface area contributed by atoms with Gasteiger partial charge in [-0.25, -0.2) is 0 Å². The van der Waals surface area contributed by atoms with E-state index in [-0.39, 0.29) is 18.9 Å². The van der Waals surface area contributed by atoms with E-state index in [2.05, 4.69) is 0 Å². The number of carbonyl (C=O) groups is 2. The fraction of sp³-hybridized carbons (Fsp3) is 0.467. The molecule has 1 aromatic rings. The SMILES string of the molecule is Cc1cccc(C(=O)N(CCC(=O)O)C(C)(C)C)c1. The molecule has 104 valence electrons. The molecule has 1 N–H and O–H groups in total. The van der Waals surface area contributed by atoms with Crippen molar-refractivity contribution in [1.29, 1.82) is 0 Å². The van der Waals surface area contributed by atoms with E-state index in [1.54, 1.807) is 11.0 Å². The van der Waals surface area contributed by atoms with Crippen molar-refractivity contribution in [3.05, 3.63) is 35.4 Å². The first-order chi connectivity index (χ1) is 8.71. The predicted molar refractivity (Wildman–Crippen MR) is 74.2 cm³/mol. The summed E-state index contributed by atoms with van der Waals surface area (Å²) in [4.78, 5) is 24.8. The molecule has 0 radical (unpaired) electrons. The molecule has 0 unspecified atom stereocenters. The number of aliphatic carboxylic acids is 1. The van der Waals surface area contributed by atoms with Crippen LogP contribution in [0.2, 0.25) is 0 Å². The predicted octanol–water partition coefficient (Wildman–Crippen LogP) is 2.71. The number of hydrogen-bond acceptors (Lipinski definition) is 2. The second-order valence-corrected chi connectivity index (χ2v) is 5.64. The Kier molecular flexibility index (Phi) is 4.70. The van der Waals surface area contributed by atoms with Gasteiger partial charge in [0.25, 0.3) is 5.91 Å². The van der Waals surface area contributed by atoms with Gasteiger partial charge in [0.05, 0.1) is 6.42 Å². The first-order valence-corrected chi connectivity index (χ1v) is 6.32. The highest BCUT2D eigenvalue weighted by molar-refractivity contribution is 5.95. The lowest BCUT2D eigenvalue weighted by atomic mass is 10.0. The molecule has 0 atom stereocenters. The zero-order valence-electron chi connectivity index (χ0n) is 11.9. The summed E-state index contributed by atoms with van der Waals surface area (Å²) >= 11 is 0. The van der Waals surface area contributed by atoms with E-state index in [0.717, 1.165) is 5.56 Å². The van der Waals surface area contributed by atoms with Gasteiger partial charge in [0.1, 0.15) is 0 Å². The van der Waals surface area contributed by atoms with E-state index in [9.17, 15) is 9.59 Å². The minimum atomic E-state index is -0.897. The molecule has 0 aliphatic rings. The van der Waals surface area contributed by atoms with Crippen LogP contribution in [-0.2, 0) is 4.79 Å². The maximum atomic E-state index is 12.5. The Hall–Kier alpha value is -1.84. The lowest BCUT2D eigenvalue weighted by Crippen LogP contribution is -2.46. The fourth-order valence-corrected chi connectivity index (χ4v) is 1.88. The first-order valence-electron chi connectivity index (χ1n) is 6.32. The van der Waals surface area contributed by atoms with Crippen molar-refractivity contribution >= 4 is 11.9 Å². The van der Waals surface area contributed by atoms with Crippen LogP contribution in [-0.4, -0.2) is 34.0 Å². The van der Waals surface area contributed by atoms with Gasteiger partial charge in [0, 0.05) is 17.6 Å². The minimum absolute atomic E-state index is 0.0468. The number of rotatable bonds is 4. The highest BCUT2D eigenvalue weighted by Gasteiger charge is 2.27. The maximum Gasteiger partial charge on any atom is 0.305 e. The zero-order valence-corrected chi connectivity index (χ0v) is 11.9. The average Bonchev–Trinajstić information content (AvgIpc) is 2.26. The molecule has 1 aromatic carbocycles. The third-order valence-electron chi connectivity index (χ3n) is 2.87. The van der Waals surface area contributed by atoms with Crippen LogP contribution in [0.1, 0.15) is 43.1 Å². The third-order valence-corrected chi connectivity index (χ3v) is 2.87. The monoisotopic (exact) mass is 263 g/mol. The molecule has 0 bridgehead atoms. The van der Waals surface area contributed by atoms with E-state index in [0.29, 0.717) is 5.56 Å². The van der Waals surface area contributed by atoms with Gasteiger partial charge in [-0.3, -0.25) is 9.59 Å². The smallest absolute Gasteiger partial charge is 0.305 e. The van der Waals surface area contributed by atoms with Crippen LogP contribution >= 0.6 is 0 Å². The summed E-state index contributed by atoms with van der Waals surface area (Å²) in [7, 11) is 0. The van der Waals surface area contributed by atoms with Gasteiger partial charge in [-0.2, -0.15) is 0 Å². The van der Waals surface area contributed by atoms with Crippen LogP contribution in [0, 0.1) is 6.92 Å².